The second kappa shape index (κ2) is 6.24. The van der Waals surface area contributed by atoms with Crippen LogP contribution in [0.2, 0.25) is 10.0 Å². The van der Waals surface area contributed by atoms with Crippen LogP contribution in [0, 0.1) is 0 Å². The smallest absolute Gasteiger partial charge is 0.363 e. The Bertz CT molecular complexity index is 831. The SMILES string of the molecule is O=C1OC(c2cc(Cl)ccc2Cl)=NC1=Cc1cccc(Br)c1. The monoisotopic (exact) mass is 395 g/mol. The highest BCUT2D eigenvalue weighted by Gasteiger charge is 2.25. The molecule has 6 heteroatoms. The van der Waals surface area contributed by atoms with Gasteiger partial charge in [-0.15, -0.1) is 0 Å². The molecule has 0 bridgehead atoms. The zero-order valence-corrected chi connectivity index (χ0v) is 14.1. The van der Waals surface area contributed by atoms with E-state index in [0.717, 1.165) is 10.0 Å². The Kier molecular flexibility index (Phi) is 4.34. The number of ether oxygens (including phenoxy) is 1. The second-order valence-corrected chi connectivity index (χ2v) is 6.27. The molecule has 0 aliphatic carbocycles. The maximum atomic E-state index is 12.0. The lowest BCUT2D eigenvalue weighted by Crippen LogP contribution is -2.06. The Hall–Kier alpha value is -1.62. The van der Waals surface area contributed by atoms with Gasteiger partial charge in [0.25, 0.3) is 0 Å². The normalized spacial score (nSPS) is 15.9. The highest BCUT2D eigenvalue weighted by molar-refractivity contribution is 9.10. The van der Waals surface area contributed by atoms with Gasteiger partial charge in [-0.2, -0.15) is 0 Å². The van der Waals surface area contributed by atoms with Gasteiger partial charge in [-0.3, -0.25) is 0 Å². The van der Waals surface area contributed by atoms with Gasteiger partial charge in [0.15, 0.2) is 5.70 Å². The lowest BCUT2D eigenvalue weighted by molar-refractivity contribution is -0.129. The zero-order chi connectivity index (χ0) is 15.7. The van der Waals surface area contributed by atoms with E-state index in [1.165, 1.54) is 0 Å². The van der Waals surface area contributed by atoms with Gasteiger partial charge in [0.05, 0.1) is 10.6 Å². The third-order valence-corrected chi connectivity index (χ3v) is 3.99. The Morgan fingerprint density at radius 2 is 1.95 bits per heavy atom. The van der Waals surface area contributed by atoms with E-state index in [4.69, 9.17) is 27.9 Å². The maximum Gasteiger partial charge on any atom is 0.363 e. The molecule has 3 nitrogen and oxygen atoms in total. The molecule has 22 heavy (non-hydrogen) atoms. The van der Waals surface area contributed by atoms with E-state index < -0.39 is 5.97 Å². The number of halogens is 3. The van der Waals surface area contributed by atoms with Crippen molar-refractivity contribution in [3.63, 3.8) is 0 Å². The summed E-state index contributed by atoms with van der Waals surface area (Å²) in [5.74, 6) is -0.371. The molecule has 0 aromatic heterocycles. The average molecular weight is 397 g/mol. The van der Waals surface area contributed by atoms with E-state index in [0.29, 0.717) is 15.6 Å². The lowest BCUT2D eigenvalue weighted by atomic mass is 10.2. The number of hydrogen-bond donors (Lipinski definition) is 0. The van der Waals surface area contributed by atoms with Gasteiger partial charge in [0.1, 0.15) is 0 Å². The molecule has 110 valence electrons. The Labute approximate surface area is 145 Å². The van der Waals surface area contributed by atoms with E-state index in [-0.39, 0.29) is 11.6 Å². The van der Waals surface area contributed by atoms with Crippen molar-refractivity contribution < 1.29 is 9.53 Å². The number of benzene rings is 2. The summed E-state index contributed by atoms with van der Waals surface area (Å²) in [6.45, 7) is 0. The molecule has 0 saturated carbocycles. The summed E-state index contributed by atoms with van der Waals surface area (Å²) >= 11 is 15.4. The Morgan fingerprint density at radius 3 is 2.73 bits per heavy atom. The minimum absolute atomic E-state index is 0.152. The fourth-order valence-corrected chi connectivity index (χ4v) is 2.73. The molecule has 0 amide bonds. The molecule has 1 aliphatic rings. The summed E-state index contributed by atoms with van der Waals surface area (Å²) in [7, 11) is 0. The van der Waals surface area contributed by atoms with Crippen LogP contribution in [0.4, 0.5) is 0 Å². The highest BCUT2D eigenvalue weighted by Crippen LogP contribution is 2.26. The third kappa shape index (κ3) is 3.24. The summed E-state index contributed by atoms with van der Waals surface area (Å²) in [6, 6.07) is 12.4. The number of esters is 1. The quantitative estimate of drug-likeness (QED) is 0.523. The Morgan fingerprint density at radius 1 is 1.14 bits per heavy atom. The van der Waals surface area contributed by atoms with Gasteiger partial charge in [-0.25, -0.2) is 9.79 Å². The largest absolute Gasteiger partial charge is 0.402 e. The van der Waals surface area contributed by atoms with Crippen molar-refractivity contribution >= 4 is 57.1 Å². The lowest BCUT2D eigenvalue weighted by Gasteiger charge is -2.02. The first-order valence-corrected chi connectivity index (χ1v) is 7.81. The molecule has 2 aromatic rings. The predicted octanol–water partition coefficient (Wildman–Crippen LogP) is 5.10. The molecule has 0 radical (unpaired) electrons. The summed E-state index contributed by atoms with van der Waals surface area (Å²) in [4.78, 5) is 16.2. The molecule has 0 spiro atoms. The Balaban J connectivity index is 2.00. The molecule has 2 aromatic carbocycles. The topological polar surface area (TPSA) is 38.7 Å². The van der Waals surface area contributed by atoms with Crippen LogP contribution in [0.15, 0.2) is 57.6 Å². The summed E-state index contributed by atoms with van der Waals surface area (Å²) in [6.07, 6.45) is 1.65. The number of nitrogens with zero attached hydrogens (tertiary/aromatic N) is 1. The van der Waals surface area contributed by atoms with Crippen molar-refractivity contribution in [2.45, 2.75) is 0 Å². The van der Waals surface area contributed by atoms with Crippen LogP contribution < -0.4 is 0 Å². The second-order valence-electron chi connectivity index (χ2n) is 4.52. The molecule has 0 saturated heterocycles. The summed E-state index contributed by atoms with van der Waals surface area (Å²) in [5.41, 5.74) is 1.54. The molecule has 0 N–H and O–H groups in total. The van der Waals surface area contributed by atoms with Gasteiger partial charge in [-0.05, 0) is 42.0 Å². The highest BCUT2D eigenvalue weighted by atomic mass is 79.9. The molecule has 3 rings (SSSR count). The van der Waals surface area contributed by atoms with Gasteiger partial charge >= 0.3 is 5.97 Å². The number of carbonyl (C=O) groups excluding carboxylic acids is 1. The van der Waals surface area contributed by atoms with Gasteiger partial charge < -0.3 is 4.74 Å². The molecule has 0 fully saturated rings. The standard InChI is InChI=1S/C16H8BrCl2NO2/c17-10-3-1-2-9(6-10)7-14-16(21)22-15(20-14)12-8-11(18)4-5-13(12)19/h1-8H. The maximum absolute atomic E-state index is 12.0. The van der Waals surface area contributed by atoms with Crippen LogP contribution in [0.25, 0.3) is 6.08 Å². The number of cyclic esters (lactones) is 1. The van der Waals surface area contributed by atoms with Crippen LogP contribution in [-0.4, -0.2) is 11.9 Å². The van der Waals surface area contributed by atoms with Crippen LogP contribution in [0.5, 0.6) is 0 Å². The fourth-order valence-electron chi connectivity index (χ4n) is 1.94. The van der Waals surface area contributed by atoms with Crippen molar-refractivity contribution in [1.82, 2.24) is 0 Å². The first-order chi connectivity index (χ1) is 10.5. The van der Waals surface area contributed by atoms with E-state index >= 15 is 0 Å². The summed E-state index contributed by atoms with van der Waals surface area (Å²) in [5, 5.41) is 0.905. The minimum Gasteiger partial charge on any atom is -0.402 e. The van der Waals surface area contributed by atoms with Crippen molar-refractivity contribution in [2.24, 2.45) is 4.99 Å². The first-order valence-electron chi connectivity index (χ1n) is 6.26. The van der Waals surface area contributed by atoms with Crippen LogP contribution >= 0.6 is 39.1 Å². The number of rotatable bonds is 2. The van der Waals surface area contributed by atoms with E-state index in [9.17, 15) is 4.79 Å². The van der Waals surface area contributed by atoms with Gasteiger partial charge in [0.2, 0.25) is 5.90 Å². The van der Waals surface area contributed by atoms with Gasteiger partial charge in [0, 0.05) is 9.50 Å². The number of hydrogen-bond acceptors (Lipinski definition) is 3. The molecule has 0 unspecified atom stereocenters. The van der Waals surface area contributed by atoms with Crippen LogP contribution in [0.1, 0.15) is 11.1 Å². The molecule has 1 aliphatic heterocycles. The molecule has 0 atom stereocenters. The minimum atomic E-state index is -0.522. The number of carbonyl (C=O) groups is 1. The van der Waals surface area contributed by atoms with E-state index in [1.807, 2.05) is 24.3 Å². The van der Waals surface area contributed by atoms with Crippen molar-refractivity contribution in [2.75, 3.05) is 0 Å². The van der Waals surface area contributed by atoms with E-state index in [1.54, 1.807) is 24.3 Å². The van der Waals surface area contributed by atoms with E-state index in [2.05, 4.69) is 20.9 Å². The van der Waals surface area contributed by atoms with Crippen molar-refractivity contribution in [1.29, 1.82) is 0 Å². The molecular weight excluding hydrogens is 389 g/mol. The van der Waals surface area contributed by atoms with Gasteiger partial charge in [-0.1, -0.05) is 51.3 Å². The zero-order valence-electron chi connectivity index (χ0n) is 11.0. The first kappa shape index (κ1) is 15.3. The average Bonchev–Trinajstić information content (AvgIpc) is 2.83. The third-order valence-electron chi connectivity index (χ3n) is 2.93. The predicted molar refractivity (Wildman–Crippen MR) is 91.2 cm³/mol. The van der Waals surface area contributed by atoms with Crippen LogP contribution in [-0.2, 0) is 9.53 Å². The number of aliphatic imine (C=N–C) groups is 1. The van der Waals surface area contributed by atoms with Crippen molar-refractivity contribution in [3.05, 3.63) is 73.8 Å². The summed E-state index contributed by atoms with van der Waals surface area (Å²) < 4.78 is 6.10. The fraction of sp³-hybridized carbons (Fsp3) is 0. The van der Waals surface area contributed by atoms with Crippen molar-refractivity contribution in [3.8, 4) is 0 Å². The molecular formula is C16H8BrCl2NO2. The molecule has 1 heterocycles. The van der Waals surface area contributed by atoms with Crippen LogP contribution in [0.3, 0.4) is 0 Å².